The molecule has 0 aliphatic carbocycles. The van der Waals surface area contributed by atoms with Gasteiger partial charge in [-0.05, 0) is 31.9 Å². The third kappa shape index (κ3) is 4.70. The van der Waals surface area contributed by atoms with Crippen molar-refractivity contribution in [2.75, 3.05) is 0 Å². The Kier molecular flexibility index (Phi) is 5.79. The molecule has 0 saturated heterocycles. The van der Waals surface area contributed by atoms with Crippen LogP contribution in [0.25, 0.3) is 0 Å². The second-order valence-corrected chi connectivity index (χ2v) is 3.32. The van der Waals surface area contributed by atoms with E-state index >= 15 is 0 Å². The number of aliphatic hydroxyl groups is 1. The van der Waals surface area contributed by atoms with Crippen LogP contribution in [0.5, 0.6) is 0 Å². The van der Waals surface area contributed by atoms with E-state index in [2.05, 4.69) is 13.2 Å². The molecule has 1 nitrogen and oxygen atoms in total. The van der Waals surface area contributed by atoms with Crippen molar-refractivity contribution in [1.82, 2.24) is 0 Å². The highest BCUT2D eigenvalue weighted by atomic mass is 19.2. The number of rotatable bonds is 5. The van der Waals surface area contributed by atoms with Gasteiger partial charge in [0.2, 0.25) is 0 Å². The first-order valence-corrected chi connectivity index (χ1v) is 4.62. The third-order valence-electron chi connectivity index (χ3n) is 1.90. The van der Waals surface area contributed by atoms with Gasteiger partial charge in [-0.1, -0.05) is 19.2 Å². The van der Waals surface area contributed by atoms with E-state index in [1.54, 1.807) is 19.9 Å². The molecule has 0 fully saturated rings. The van der Waals surface area contributed by atoms with Crippen LogP contribution in [0.3, 0.4) is 0 Å². The Hall–Kier alpha value is -1.22. The van der Waals surface area contributed by atoms with Crippen LogP contribution in [0.15, 0.2) is 48.1 Å². The maximum Gasteiger partial charge on any atom is 0.165 e. The largest absolute Gasteiger partial charge is 0.393 e. The van der Waals surface area contributed by atoms with Crippen LogP contribution in [0.1, 0.15) is 20.3 Å². The summed E-state index contributed by atoms with van der Waals surface area (Å²) in [6.45, 7) is 9.78. The number of hydrogen-bond donors (Lipinski definition) is 1. The molecule has 0 saturated carbocycles. The van der Waals surface area contributed by atoms with Crippen LogP contribution in [0, 0.1) is 0 Å². The summed E-state index contributed by atoms with van der Waals surface area (Å²) in [5, 5.41) is 9.01. The van der Waals surface area contributed by atoms with Gasteiger partial charge >= 0.3 is 0 Å². The molecule has 1 unspecified atom stereocenters. The minimum absolute atomic E-state index is 0.0203. The lowest BCUT2D eigenvalue weighted by molar-refractivity contribution is 0.198. The Morgan fingerprint density at radius 3 is 2.40 bits per heavy atom. The normalized spacial score (nSPS) is 15.7. The Morgan fingerprint density at radius 2 is 2.00 bits per heavy atom. The summed E-state index contributed by atoms with van der Waals surface area (Å²) in [6.07, 6.45) is 2.28. The number of halogens is 2. The molecule has 3 heteroatoms. The topological polar surface area (TPSA) is 20.2 Å². The summed E-state index contributed by atoms with van der Waals surface area (Å²) in [5.41, 5.74) is 0.485. The second kappa shape index (κ2) is 6.30. The van der Waals surface area contributed by atoms with Gasteiger partial charge in [-0.15, -0.1) is 0 Å². The van der Waals surface area contributed by atoms with Gasteiger partial charge < -0.3 is 5.11 Å². The summed E-state index contributed by atoms with van der Waals surface area (Å²) in [5.74, 6) is -2.03. The first kappa shape index (κ1) is 13.8. The van der Waals surface area contributed by atoms with Gasteiger partial charge in [0.25, 0.3) is 0 Å². The highest BCUT2D eigenvalue weighted by molar-refractivity contribution is 5.42. The van der Waals surface area contributed by atoms with E-state index < -0.39 is 17.8 Å². The molecule has 0 radical (unpaired) electrons. The zero-order chi connectivity index (χ0) is 12.0. The third-order valence-corrected chi connectivity index (χ3v) is 1.90. The molecular weight excluding hydrogens is 198 g/mol. The van der Waals surface area contributed by atoms with Crippen molar-refractivity contribution in [3.05, 3.63) is 48.1 Å². The predicted molar refractivity (Wildman–Crippen MR) is 58.6 cm³/mol. The number of hydrogen-bond acceptors (Lipinski definition) is 1. The predicted octanol–water partition coefficient (Wildman–Crippen LogP) is 3.60. The van der Waals surface area contributed by atoms with Crippen molar-refractivity contribution in [3.63, 3.8) is 0 Å². The summed E-state index contributed by atoms with van der Waals surface area (Å²) in [7, 11) is 0. The van der Waals surface area contributed by atoms with E-state index in [0.717, 1.165) is 6.08 Å². The monoisotopic (exact) mass is 214 g/mol. The Morgan fingerprint density at radius 1 is 1.47 bits per heavy atom. The smallest absolute Gasteiger partial charge is 0.165 e. The molecule has 1 atom stereocenters. The van der Waals surface area contributed by atoms with E-state index in [9.17, 15) is 8.78 Å². The van der Waals surface area contributed by atoms with E-state index in [4.69, 9.17) is 5.11 Å². The van der Waals surface area contributed by atoms with Gasteiger partial charge in [0.1, 0.15) is 0 Å². The molecule has 0 aliphatic rings. The van der Waals surface area contributed by atoms with Gasteiger partial charge in [0.05, 0.1) is 6.10 Å². The van der Waals surface area contributed by atoms with Crippen molar-refractivity contribution >= 4 is 0 Å². The average molecular weight is 214 g/mol. The molecule has 0 aliphatic heterocycles. The maximum atomic E-state index is 13.2. The molecular formula is C12H16F2O. The molecule has 0 amide bonds. The lowest BCUT2D eigenvalue weighted by Crippen LogP contribution is -1.97. The van der Waals surface area contributed by atoms with Crippen LogP contribution in [0.4, 0.5) is 8.78 Å². The lowest BCUT2D eigenvalue weighted by Gasteiger charge is -2.05. The highest BCUT2D eigenvalue weighted by Gasteiger charge is 2.09. The van der Waals surface area contributed by atoms with Crippen LogP contribution >= 0.6 is 0 Å². The van der Waals surface area contributed by atoms with Crippen LogP contribution < -0.4 is 0 Å². The first-order chi connectivity index (χ1) is 6.90. The van der Waals surface area contributed by atoms with Crippen molar-refractivity contribution in [1.29, 1.82) is 0 Å². The Balaban J connectivity index is 4.73. The SMILES string of the molecule is C=C/C(F)=C(/F)C(=C)/C(C)=C/CC(C)O. The lowest BCUT2D eigenvalue weighted by atomic mass is 10.1. The quantitative estimate of drug-likeness (QED) is 0.693. The molecule has 0 aromatic carbocycles. The standard InChI is InChI=1S/C12H16F2O/c1-5-11(13)12(14)10(4)8(2)6-7-9(3)15/h5-6,9,15H,1,4,7H2,2-3H3/b8-6+,12-11-. The van der Waals surface area contributed by atoms with Crippen LogP contribution in [0.2, 0.25) is 0 Å². The average Bonchev–Trinajstić information content (AvgIpc) is 2.22. The van der Waals surface area contributed by atoms with Gasteiger partial charge in [-0.25, -0.2) is 8.78 Å². The van der Waals surface area contributed by atoms with Crippen molar-refractivity contribution in [2.24, 2.45) is 0 Å². The van der Waals surface area contributed by atoms with E-state index in [0.29, 0.717) is 12.0 Å². The van der Waals surface area contributed by atoms with Gasteiger partial charge in [-0.3, -0.25) is 0 Å². The number of allylic oxidation sites excluding steroid dienone is 5. The van der Waals surface area contributed by atoms with Gasteiger partial charge in [-0.2, -0.15) is 0 Å². The van der Waals surface area contributed by atoms with Crippen molar-refractivity contribution in [3.8, 4) is 0 Å². The molecule has 0 spiro atoms. The fraction of sp³-hybridized carbons (Fsp3) is 0.333. The van der Waals surface area contributed by atoms with Crippen molar-refractivity contribution in [2.45, 2.75) is 26.4 Å². The number of aliphatic hydroxyl groups excluding tert-OH is 1. The molecule has 1 N–H and O–H groups in total. The second-order valence-electron chi connectivity index (χ2n) is 3.32. The minimum atomic E-state index is -1.02. The Bertz CT molecular complexity index is 312. The van der Waals surface area contributed by atoms with E-state index in [1.165, 1.54) is 0 Å². The molecule has 0 rings (SSSR count). The molecule has 0 aromatic rings. The fourth-order valence-corrected chi connectivity index (χ4v) is 0.877. The first-order valence-electron chi connectivity index (χ1n) is 4.62. The molecule has 0 bridgehead atoms. The Labute approximate surface area is 89.1 Å². The fourth-order valence-electron chi connectivity index (χ4n) is 0.877. The van der Waals surface area contributed by atoms with Gasteiger partial charge in [0, 0.05) is 5.57 Å². The zero-order valence-electron chi connectivity index (χ0n) is 9.06. The maximum absolute atomic E-state index is 13.2. The van der Waals surface area contributed by atoms with E-state index in [-0.39, 0.29) is 5.57 Å². The minimum Gasteiger partial charge on any atom is -0.393 e. The summed E-state index contributed by atoms with van der Waals surface area (Å²) >= 11 is 0. The van der Waals surface area contributed by atoms with Gasteiger partial charge in [0.15, 0.2) is 11.7 Å². The summed E-state index contributed by atoms with van der Waals surface area (Å²) in [6, 6.07) is 0. The van der Waals surface area contributed by atoms with Crippen LogP contribution in [-0.2, 0) is 0 Å². The van der Waals surface area contributed by atoms with E-state index in [1.807, 2.05) is 0 Å². The molecule has 15 heavy (non-hydrogen) atoms. The summed E-state index contributed by atoms with van der Waals surface area (Å²) in [4.78, 5) is 0. The molecule has 0 aromatic heterocycles. The summed E-state index contributed by atoms with van der Waals surface area (Å²) < 4.78 is 26.0. The van der Waals surface area contributed by atoms with Crippen molar-refractivity contribution < 1.29 is 13.9 Å². The molecule has 0 heterocycles. The molecule has 84 valence electrons. The zero-order valence-corrected chi connectivity index (χ0v) is 9.06. The highest BCUT2D eigenvalue weighted by Crippen LogP contribution is 2.23. The van der Waals surface area contributed by atoms with Crippen LogP contribution in [-0.4, -0.2) is 11.2 Å².